The van der Waals surface area contributed by atoms with Crippen molar-refractivity contribution in [2.75, 3.05) is 0 Å². The van der Waals surface area contributed by atoms with Gasteiger partial charge >= 0.3 is 6.18 Å². The molecule has 1 saturated carbocycles. The van der Waals surface area contributed by atoms with Crippen molar-refractivity contribution in [1.82, 2.24) is 0 Å². The molecule has 2 N–H and O–H groups in total. The summed E-state index contributed by atoms with van der Waals surface area (Å²) in [7, 11) is -4.47. The number of nitrogens with two attached hydrogens (primary N) is 1. The lowest BCUT2D eigenvalue weighted by molar-refractivity contribution is -0.137. The Labute approximate surface area is 61.4 Å². The van der Waals surface area contributed by atoms with Crippen LogP contribution in [0.5, 0.6) is 0 Å². The van der Waals surface area contributed by atoms with Crippen LogP contribution >= 0.6 is 0 Å². The van der Waals surface area contributed by atoms with Crippen LogP contribution in [0, 0.1) is 0 Å². The third kappa shape index (κ3) is 1.12. The molecule has 1 aliphatic rings. The van der Waals surface area contributed by atoms with Gasteiger partial charge in [0.15, 0.2) is 4.75 Å². The number of hydrogen-bond acceptors (Lipinski definition) is 2. The Bertz CT molecular complexity index is 264. The predicted molar refractivity (Wildman–Crippen MR) is 31.1 cm³/mol. The maximum absolute atomic E-state index is 11.9. The van der Waals surface area contributed by atoms with E-state index in [1.165, 1.54) is 0 Å². The number of primary sulfonamides is 1. The summed E-state index contributed by atoms with van der Waals surface area (Å²) in [5, 5.41) is 4.41. The largest absolute Gasteiger partial charge is 0.409 e. The van der Waals surface area contributed by atoms with Gasteiger partial charge in [-0.05, 0) is 12.8 Å². The third-order valence-electron chi connectivity index (χ3n) is 1.77. The van der Waals surface area contributed by atoms with E-state index in [1.807, 2.05) is 0 Å². The molecule has 0 atom stereocenters. The highest BCUT2D eigenvalue weighted by Gasteiger charge is 2.71. The molecule has 1 fully saturated rings. The summed E-state index contributed by atoms with van der Waals surface area (Å²) < 4.78 is 54.0. The first-order chi connectivity index (χ1) is 4.71. The molecule has 0 spiro atoms. The number of halogens is 3. The molecule has 0 saturated heterocycles. The second-order valence-electron chi connectivity index (χ2n) is 2.54. The lowest BCUT2D eigenvalue weighted by Gasteiger charge is -2.15. The molecule has 66 valence electrons. The van der Waals surface area contributed by atoms with Gasteiger partial charge in [-0.15, -0.1) is 0 Å². The van der Waals surface area contributed by atoms with Crippen LogP contribution in [-0.4, -0.2) is 19.3 Å². The zero-order valence-electron chi connectivity index (χ0n) is 5.35. The van der Waals surface area contributed by atoms with E-state index in [4.69, 9.17) is 0 Å². The fraction of sp³-hybridized carbons (Fsp3) is 1.00. The molecular weight excluding hydrogens is 183 g/mol. The van der Waals surface area contributed by atoms with Crippen molar-refractivity contribution in [2.45, 2.75) is 23.8 Å². The van der Waals surface area contributed by atoms with Crippen LogP contribution < -0.4 is 5.14 Å². The van der Waals surface area contributed by atoms with E-state index in [-0.39, 0.29) is 0 Å². The molecule has 11 heavy (non-hydrogen) atoms. The molecule has 0 radical (unpaired) electrons. The van der Waals surface area contributed by atoms with E-state index in [9.17, 15) is 21.6 Å². The fourth-order valence-electron chi connectivity index (χ4n) is 0.843. The van der Waals surface area contributed by atoms with Crippen LogP contribution in [0.4, 0.5) is 13.2 Å². The summed E-state index contributed by atoms with van der Waals surface area (Å²) in [6.07, 6.45) is -5.54. The average Bonchev–Trinajstić information content (AvgIpc) is 2.31. The first kappa shape index (κ1) is 8.79. The van der Waals surface area contributed by atoms with E-state index < -0.39 is 33.8 Å². The van der Waals surface area contributed by atoms with Crippen LogP contribution in [0.3, 0.4) is 0 Å². The fourth-order valence-corrected chi connectivity index (χ4v) is 1.84. The number of alkyl halides is 3. The van der Waals surface area contributed by atoms with Crippen LogP contribution in [0.2, 0.25) is 0 Å². The van der Waals surface area contributed by atoms with Crippen molar-refractivity contribution < 1.29 is 21.6 Å². The van der Waals surface area contributed by atoms with E-state index >= 15 is 0 Å². The number of rotatable bonds is 1. The summed E-state index contributed by atoms with van der Waals surface area (Å²) in [5.74, 6) is 0. The lowest BCUT2D eigenvalue weighted by atomic mass is 10.4. The summed E-state index contributed by atoms with van der Waals surface area (Å²) >= 11 is 0. The zero-order valence-corrected chi connectivity index (χ0v) is 6.17. The maximum Gasteiger partial charge on any atom is 0.409 e. The van der Waals surface area contributed by atoms with Gasteiger partial charge in [-0.1, -0.05) is 0 Å². The molecule has 0 aromatic carbocycles. The monoisotopic (exact) mass is 189 g/mol. The van der Waals surface area contributed by atoms with Crippen LogP contribution in [0.1, 0.15) is 12.8 Å². The van der Waals surface area contributed by atoms with E-state index in [0.29, 0.717) is 0 Å². The van der Waals surface area contributed by atoms with Gasteiger partial charge in [0.25, 0.3) is 0 Å². The molecule has 0 bridgehead atoms. The Morgan fingerprint density at radius 3 is 1.64 bits per heavy atom. The summed E-state index contributed by atoms with van der Waals surface area (Å²) in [5.41, 5.74) is 0. The molecule has 0 aromatic rings. The second-order valence-corrected chi connectivity index (χ2v) is 4.41. The Morgan fingerprint density at radius 1 is 1.27 bits per heavy atom. The van der Waals surface area contributed by atoms with Gasteiger partial charge in [0, 0.05) is 0 Å². The molecule has 0 unspecified atom stereocenters. The molecule has 0 aliphatic heterocycles. The van der Waals surface area contributed by atoms with E-state index in [0.717, 1.165) is 0 Å². The first-order valence-electron chi connectivity index (χ1n) is 2.80. The van der Waals surface area contributed by atoms with E-state index in [2.05, 4.69) is 5.14 Å². The average molecular weight is 189 g/mol. The second kappa shape index (κ2) is 1.89. The Hall–Kier alpha value is -0.300. The predicted octanol–water partition coefficient (Wildman–Crippen LogP) is 0.370. The van der Waals surface area contributed by atoms with Crippen molar-refractivity contribution in [2.24, 2.45) is 5.14 Å². The zero-order chi connectivity index (χ0) is 8.91. The highest BCUT2D eigenvalue weighted by molar-refractivity contribution is 7.91. The summed E-state index contributed by atoms with van der Waals surface area (Å²) in [6, 6.07) is 0. The molecule has 0 heterocycles. The van der Waals surface area contributed by atoms with Crippen LogP contribution in [-0.2, 0) is 10.0 Å². The van der Waals surface area contributed by atoms with Gasteiger partial charge in [-0.25, -0.2) is 13.6 Å². The smallest absolute Gasteiger partial charge is 0.228 e. The van der Waals surface area contributed by atoms with Gasteiger partial charge in [-0.3, -0.25) is 0 Å². The van der Waals surface area contributed by atoms with Crippen molar-refractivity contribution in [3.63, 3.8) is 0 Å². The van der Waals surface area contributed by atoms with Gasteiger partial charge in [-0.2, -0.15) is 13.2 Å². The number of hydrogen-bond donors (Lipinski definition) is 1. The van der Waals surface area contributed by atoms with Crippen molar-refractivity contribution in [3.8, 4) is 0 Å². The van der Waals surface area contributed by atoms with Gasteiger partial charge < -0.3 is 0 Å². The molecule has 7 heteroatoms. The molecule has 0 amide bonds. The standard InChI is InChI=1S/C4H6F3NO2S/c5-4(6,7)3(1-2-3)11(8,9)10/h1-2H2,(H2,8,9,10). The van der Waals surface area contributed by atoms with Gasteiger partial charge in [0.2, 0.25) is 10.0 Å². The van der Waals surface area contributed by atoms with Crippen molar-refractivity contribution >= 4 is 10.0 Å². The van der Waals surface area contributed by atoms with E-state index in [1.54, 1.807) is 0 Å². The van der Waals surface area contributed by atoms with Crippen molar-refractivity contribution in [3.05, 3.63) is 0 Å². The van der Waals surface area contributed by atoms with Crippen molar-refractivity contribution in [1.29, 1.82) is 0 Å². The molecule has 3 nitrogen and oxygen atoms in total. The maximum atomic E-state index is 11.9. The normalized spacial score (nSPS) is 23.3. The Morgan fingerprint density at radius 2 is 1.64 bits per heavy atom. The summed E-state index contributed by atoms with van der Waals surface area (Å²) in [4.78, 5) is 0. The molecule has 0 aromatic heterocycles. The highest BCUT2D eigenvalue weighted by Crippen LogP contribution is 2.53. The SMILES string of the molecule is NS(=O)(=O)C1(C(F)(F)F)CC1. The highest BCUT2D eigenvalue weighted by atomic mass is 32.2. The lowest BCUT2D eigenvalue weighted by Crippen LogP contribution is -2.43. The Balaban J connectivity index is 3.05. The summed E-state index contributed by atoms with van der Waals surface area (Å²) in [6.45, 7) is 0. The van der Waals surface area contributed by atoms with Gasteiger partial charge in [0.1, 0.15) is 0 Å². The first-order valence-corrected chi connectivity index (χ1v) is 4.34. The molecular formula is C4H6F3NO2S. The third-order valence-corrected chi connectivity index (χ3v) is 3.49. The van der Waals surface area contributed by atoms with Crippen LogP contribution in [0.15, 0.2) is 0 Å². The minimum atomic E-state index is -4.72. The minimum Gasteiger partial charge on any atom is -0.228 e. The van der Waals surface area contributed by atoms with Gasteiger partial charge in [0.05, 0.1) is 0 Å². The minimum absolute atomic E-state index is 0.407. The molecule has 1 aliphatic carbocycles. The van der Waals surface area contributed by atoms with Crippen LogP contribution in [0.25, 0.3) is 0 Å². The number of sulfonamides is 1. The molecule has 1 rings (SSSR count). The Kier molecular flexibility index (Phi) is 1.51. The quantitative estimate of drug-likeness (QED) is 0.647. The topological polar surface area (TPSA) is 60.2 Å².